The van der Waals surface area contributed by atoms with E-state index in [0.29, 0.717) is 11.3 Å². The molecule has 1 aliphatic rings. The van der Waals surface area contributed by atoms with Gasteiger partial charge in [0.2, 0.25) is 0 Å². The lowest BCUT2D eigenvalue weighted by molar-refractivity contribution is -0.0629. The van der Waals surface area contributed by atoms with Crippen LogP contribution in [0.5, 0.6) is 0 Å². The summed E-state index contributed by atoms with van der Waals surface area (Å²) in [5.74, 6) is -3.02. The zero-order chi connectivity index (χ0) is 21.9. The first-order valence-corrected chi connectivity index (χ1v) is 10.7. The first-order chi connectivity index (χ1) is 14.2. The molecule has 3 rings (SSSR count). The van der Waals surface area contributed by atoms with Crippen LogP contribution in [-0.2, 0) is 0 Å². The standard InChI is InChI=1S/C20H24ClF2N5OS/c1-12-18(30-11-27-12)17(28-6-4-20(22,23)5-7-28)10-26-19(29)14-8-13(16(25)9-24)2-3-15(14)21/h2-3,8-9,11,17H,4-7,10,24-25H2,1H3,(H,26,29)/b16-9-. The predicted octanol–water partition coefficient (Wildman–Crippen LogP) is 3.52. The van der Waals surface area contributed by atoms with Crippen molar-refractivity contribution in [2.24, 2.45) is 11.5 Å². The van der Waals surface area contributed by atoms with Crippen molar-refractivity contribution in [2.45, 2.75) is 31.7 Å². The van der Waals surface area contributed by atoms with Crippen LogP contribution >= 0.6 is 22.9 Å². The van der Waals surface area contributed by atoms with Crippen LogP contribution < -0.4 is 16.8 Å². The number of halogens is 3. The van der Waals surface area contributed by atoms with Crippen molar-refractivity contribution in [1.29, 1.82) is 0 Å². The average molecular weight is 456 g/mol. The van der Waals surface area contributed by atoms with Crippen LogP contribution in [0.1, 0.15) is 45.4 Å². The molecule has 0 bridgehead atoms. The van der Waals surface area contributed by atoms with Gasteiger partial charge in [0, 0.05) is 43.6 Å². The third kappa shape index (κ3) is 5.08. The molecule has 1 aromatic carbocycles. The Morgan fingerprint density at radius 3 is 2.73 bits per heavy atom. The number of aryl methyl sites for hydroxylation is 1. The predicted molar refractivity (Wildman–Crippen MR) is 115 cm³/mol. The number of carbonyl (C=O) groups is 1. The number of aromatic nitrogens is 1. The van der Waals surface area contributed by atoms with Crippen molar-refractivity contribution >= 4 is 34.5 Å². The third-order valence-electron chi connectivity index (χ3n) is 5.24. The van der Waals surface area contributed by atoms with Crippen LogP contribution in [0, 0.1) is 6.92 Å². The number of hydrogen-bond acceptors (Lipinski definition) is 6. The Morgan fingerprint density at radius 1 is 1.43 bits per heavy atom. The van der Waals surface area contributed by atoms with Gasteiger partial charge >= 0.3 is 0 Å². The molecule has 6 nitrogen and oxygen atoms in total. The summed E-state index contributed by atoms with van der Waals surface area (Å²) in [4.78, 5) is 20.0. The quantitative estimate of drug-likeness (QED) is 0.619. The summed E-state index contributed by atoms with van der Waals surface area (Å²) < 4.78 is 27.3. The number of nitrogens with two attached hydrogens (primary N) is 2. The lowest BCUT2D eigenvalue weighted by Gasteiger charge is -2.37. The van der Waals surface area contributed by atoms with Gasteiger partial charge in [0.25, 0.3) is 11.8 Å². The first-order valence-electron chi connectivity index (χ1n) is 9.49. The van der Waals surface area contributed by atoms with Gasteiger partial charge in [0.15, 0.2) is 0 Å². The van der Waals surface area contributed by atoms with Crippen molar-refractivity contribution < 1.29 is 13.6 Å². The van der Waals surface area contributed by atoms with E-state index < -0.39 is 5.92 Å². The molecule has 1 fully saturated rings. The largest absolute Gasteiger partial charge is 0.403 e. The number of alkyl halides is 2. The second kappa shape index (κ2) is 9.28. The lowest BCUT2D eigenvalue weighted by Crippen LogP contribution is -2.45. The van der Waals surface area contributed by atoms with E-state index in [1.54, 1.807) is 23.7 Å². The van der Waals surface area contributed by atoms with Gasteiger partial charge in [-0.15, -0.1) is 11.3 Å². The molecule has 1 amide bonds. The molecule has 1 saturated heterocycles. The van der Waals surface area contributed by atoms with Gasteiger partial charge in [-0.1, -0.05) is 17.7 Å². The number of likely N-dealkylation sites (tertiary alicyclic amines) is 1. The van der Waals surface area contributed by atoms with Crippen LogP contribution in [0.15, 0.2) is 29.9 Å². The Morgan fingerprint density at radius 2 is 2.13 bits per heavy atom. The Hall–Kier alpha value is -2.23. The minimum atomic E-state index is -2.64. The number of carbonyl (C=O) groups excluding carboxylic acids is 1. The average Bonchev–Trinajstić information content (AvgIpc) is 3.14. The third-order valence-corrected chi connectivity index (χ3v) is 6.60. The second-order valence-corrected chi connectivity index (χ2v) is 8.53. The van der Waals surface area contributed by atoms with E-state index in [-0.39, 0.29) is 55.0 Å². The van der Waals surface area contributed by atoms with Crippen molar-refractivity contribution in [2.75, 3.05) is 19.6 Å². The number of nitrogens with zero attached hydrogens (tertiary/aromatic N) is 2. The van der Waals surface area contributed by atoms with Crippen LogP contribution in [0.3, 0.4) is 0 Å². The van der Waals surface area contributed by atoms with Crippen LogP contribution in [0.2, 0.25) is 5.02 Å². The summed E-state index contributed by atoms with van der Waals surface area (Å²) >= 11 is 7.66. The van der Waals surface area contributed by atoms with Gasteiger partial charge in [-0.3, -0.25) is 9.69 Å². The normalized spacial score (nSPS) is 18.2. The SMILES string of the molecule is Cc1ncsc1C(CNC(=O)c1cc(/C(N)=C/N)ccc1Cl)N1CCC(F)(F)CC1. The van der Waals surface area contributed by atoms with Gasteiger partial charge in [0.05, 0.1) is 33.5 Å². The molecule has 1 aromatic heterocycles. The number of rotatable bonds is 6. The van der Waals surface area contributed by atoms with E-state index >= 15 is 0 Å². The van der Waals surface area contributed by atoms with Crippen LogP contribution in [0.25, 0.3) is 5.70 Å². The summed E-state index contributed by atoms with van der Waals surface area (Å²) in [5, 5.41) is 3.17. The molecule has 1 unspecified atom stereocenters. The minimum Gasteiger partial charge on any atom is -0.403 e. The van der Waals surface area contributed by atoms with Crippen LogP contribution in [-0.4, -0.2) is 41.3 Å². The number of piperidine rings is 1. The number of hydrogen-bond donors (Lipinski definition) is 3. The smallest absolute Gasteiger partial charge is 0.252 e. The van der Waals surface area contributed by atoms with E-state index in [2.05, 4.69) is 10.3 Å². The highest BCUT2D eigenvalue weighted by Crippen LogP contribution is 2.34. The molecule has 162 valence electrons. The molecule has 10 heteroatoms. The van der Waals surface area contributed by atoms with E-state index in [4.69, 9.17) is 23.1 Å². The molecule has 0 radical (unpaired) electrons. The zero-order valence-corrected chi connectivity index (χ0v) is 18.1. The lowest BCUT2D eigenvalue weighted by atomic mass is 10.0. The number of amides is 1. The molecular formula is C20H24ClF2N5OS. The molecule has 0 spiro atoms. The van der Waals surface area contributed by atoms with Crippen molar-refractivity contribution in [3.63, 3.8) is 0 Å². The first kappa shape index (κ1) is 22.5. The number of benzene rings is 1. The van der Waals surface area contributed by atoms with Crippen molar-refractivity contribution in [3.8, 4) is 0 Å². The van der Waals surface area contributed by atoms with E-state index in [1.165, 1.54) is 17.5 Å². The van der Waals surface area contributed by atoms with E-state index in [9.17, 15) is 13.6 Å². The number of thiazole rings is 1. The number of nitrogens with one attached hydrogen (secondary N) is 1. The molecule has 30 heavy (non-hydrogen) atoms. The maximum absolute atomic E-state index is 13.6. The Bertz CT molecular complexity index is 939. The highest BCUT2D eigenvalue weighted by molar-refractivity contribution is 7.09. The Balaban J connectivity index is 1.78. The Kier molecular flexibility index (Phi) is 6.95. The van der Waals surface area contributed by atoms with Gasteiger partial charge in [-0.2, -0.15) is 0 Å². The fourth-order valence-corrected chi connectivity index (χ4v) is 4.58. The molecular weight excluding hydrogens is 432 g/mol. The summed E-state index contributed by atoms with van der Waals surface area (Å²) in [7, 11) is 0. The maximum atomic E-state index is 13.6. The molecule has 0 aliphatic carbocycles. The maximum Gasteiger partial charge on any atom is 0.252 e. The molecule has 1 atom stereocenters. The van der Waals surface area contributed by atoms with Gasteiger partial charge in [0.1, 0.15) is 0 Å². The second-order valence-electron chi connectivity index (χ2n) is 7.24. The monoisotopic (exact) mass is 455 g/mol. The highest BCUT2D eigenvalue weighted by atomic mass is 35.5. The molecule has 2 heterocycles. The van der Waals surface area contributed by atoms with Crippen LogP contribution in [0.4, 0.5) is 8.78 Å². The molecule has 1 aliphatic heterocycles. The fourth-order valence-electron chi connectivity index (χ4n) is 3.44. The van der Waals surface area contributed by atoms with Gasteiger partial charge in [-0.05, 0) is 24.6 Å². The van der Waals surface area contributed by atoms with Crippen molar-refractivity contribution in [3.05, 3.63) is 56.6 Å². The molecule has 0 saturated carbocycles. The molecule has 5 N–H and O–H groups in total. The van der Waals surface area contributed by atoms with E-state index in [1.807, 2.05) is 11.8 Å². The summed E-state index contributed by atoms with van der Waals surface area (Å²) in [6.45, 7) is 2.62. The Labute approximate surface area is 182 Å². The fraction of sp³-hybridized carbons (Fsp3) is 0.400. The molecule has 2 aromatic rings. The minimum absolute atomic E-state index is 0.201. The van der Waals surface area contributed by atoms with Crippen molar-refractivity contribution in [1.82, 2.24) is 15.2 Å². The summed E-state index contributed by atoms with van der Waals surface area (Å²) in [5.41, 5.74) is 15.0. The zero-order valence-electron chi connectivity index (χ0n) is 16.5. The summed E-state index contributed by atoms with van der Waals surface area (Å²) in [6, 6.07) is 4.59. The van der Waals surface area contributed by atoms with Gasteiger partial charge < -0.3 is 16.8 Å². The van der Waals surface area contributed by atoms with E-state index in [0.717, 1.165) is 10.6 Å². The highest BCUT2D eigenvalue weighted by Gasteiger charge is 2.37. The summed E-state index contributed by atoms with van der Waals surface area (Å²) in [6.07, 6.45) is 0.849. The van der Waals surface area contributed by atoms with Gasteiger partial charge in [-0.25, -0.2) is 13.8 Å². The topological polar surface area (TPSA) is 97.3 Å².